The van der Waals surface area contributed by atoms with Crippen molar-refractivity contribution < 1.29 is 14.1 Å². The number of carbonyl (C=O) groups is 1. The molecule has 0 saturated carbocycles. The van der Waals surface area contributed by atoms with E-state index in [9.17, 15) is 4.79 Å². The Bertz CT molecular complexity index is 928. The van der Waals surface area contributed by atoms with Crippen molar-refractivity contribution in [2.75, 3.05) is 20.2 Å². The predicted molar refractivity (Wildman–Crippen MR) is 96.2 cm³/mol. The van der Waals surface area contributed by atoms with E-state index in [1.54, 1.807) is 37.8 Å². The Hall–Kier alpha value is -3.29. The van der Waals surface area contributed by atoms with Crippen LogP contribution in [-0.4, -0.2) is 51.1 Å². The van der Waals surface area contributed by atoms with Crippen LogP contribution in [0.1, 0.15) is 34.9 Å². The normalized spacial score (nSPS) is 16.9. The van der Waals surface area contributed by atoms with Gasteiger partial charge in [0.15, 0.2) is 5.82 Å². The molecule has 8 heteroatoms. The van der Waals surface area contributed by atoms with Crippen molar-refractivity contribution >= 4 is 5.91 Å². The molecule has 27 heavy (non-hydrogen) atoms. The molecule has 0 unspecified atom stereocenters. The first-order chi connectivity index (χ1) is 13.2. The van der Waals surface area contributed by atoms with Crippen LogP contribution >= 0.6 is 0 Å². The summed E-state index contributed by atoms with van der Waals surface area (Å²) in [6.07, 6.45) is 6.53. The lowest BCUT2D eigenvalue weighted by Gasteiger charge is -2.31. The number of rotatable bonds is 4. The smallest absolute Gasteiger partial charge is 0.278 e. The van der Waals surface area contributed by atoms with Crippen LogP contribution < -0.4 is 4.74 Å². The number of benzene rings is 1. The SMILES string of the molecule is COc1cccc(C(=O)N2CCC[C@H](c3noc(-c4cnccn4)n3)C2)c1. The number of aromatic nitrogens is 4. The average Bonchev–Trinajstić information content (AvgIpc) is 3.24. The highest BCUT2D eigenvalue weighted by Gasteiger charge is 2.29. The lowest BCUT2D eigenvalue weighted by atomic mass is 9.96. The predicted octanol–water partition coefficient (Wildman–Crippen LogP) is 2.56. The van der Waals surface area contributed by atoms with Crippen LogP contribution in [0.2, 0.25) is 0 Å². The molecule has 1 aliphatic heterocycles. The monoisotopic (exact) mass is 365 g/mol. The van der Waals surface area contributed by atoms with Crippen LogP contribution in [-0.2, 0) is 0 Å². The molecular formula is C19H19N5O3. The van der Waals surface area contributed by atoms with Crippen molar-refractivity contribution in [3.05, 3.63) is 54.2 Å². The Balaban J connectivity index is 1.50. The molecule has 1 amide bonds. The molecule has 0 radical (unpaired) electrons. The van der Waals surface area contributed by atoms with E-state index in [1.165, 1.54) is 0 Å². The number of amides is 1. The standard InChI is InChI=1S/C19H19N5O3/c1-26-15-6-2-4-13(10-15)19(25)24-9-3-5-14(12-24)17-22-18(27-23-17)16-11-20-7-8-21-16/h2,4,6-8,10-11,14H,3,5,9,12H2,1H3/t14-/m0/s1. The number of hydrogen-bond acceptors (Lipinski definition) is 7. The van der Waals surface area contributed by atoms with Crippen LogP contribution in [0, 0.1) is 0 Å². The van der Waals surface area contributed by atoms with Gasteiger partial charge >= 0.3 is 0 Å². The molecule has 8 nitrogen and oxygen atoms in total. The topological polar surface area (TPSA) is 94.2 Å². The number of ether oxygens (including phenoxy) is 1. The lowest BCUT2D eigenvalue weighted by molar-refractivity contribution is 0.0703. The van der Waals surface area contributed by atoms with Crippen molar-refractivity contribution in [2.24, 2.45) is 0 Å². The van der Waals surface area contributed by atoms with Gasteiger partial charge in [-0.3, -0.25) is 9.78 Å². The number of likely N-dealkylation sites (tertiary alicyclic amines) is 1. The summed E-state index contributed by atoms with van der Waals surface area (Å²) in [5.74, 6) is 1.62. The first kappa shape index (κ1) is 17.1. The maximum Gasteiger partial charge on any atom is 0.278 e. The first-order valence-corrected chi connectivity index (χ1v) is 8.78. The van der Waals surface area contributed by atoms with E-state index in [0.29, 0.717) is 41.8 Å². The van der Waals surface area contributed by atoms with Crippen molar-refractivity contribution in [1.82, 2.24) is 25.0 Å². The van der Waals surface area contributed by atoms with E-state index in [4.69, 9.17) is 9.26 Å². The molecule has 2 aromatic heterocycles. The Morgan fingerprint density at radius 2 is 2.26 bits per heavy atom. The number of carbonyl (C=O) groups excluding carboxylic acids is 1. The second-order valence-electron chi connectivity index (χ2n) is 6.37. The van der Waals surface area contributed by atoms with E-state index in [1.807, 2.05) is 17.0 Å². The fraction of sp³-hybridized carbons (Fsp3) is 0.316. The molecule has 4 rings (SSSR count). The lowest BCUT2D eigenvalue weighted by Crippen LogP contribution is -2.39. The molecule has 3 aromatic rings. The summed E-state index contributed by atoms with van der Waals surface area (Å²) in [6.45, 7) is 1.26. The third-order valence-corrected chi connectivity index (χ3v) is 4.61. The van der Waals surface area contributed by atoms with Crippen LogP contribution in [0.25, 0.3) is 11.6 Å². The fourth-order valence-electron chi connectivity index (χ4n) is 3.23. The van der Waals surface area contributed by atoms with Gasteiger partial charge in [-0.2, -0.15) is 4.98 Å². The molecule has 1 atom stereocenters. The number of methoxy groups -OCH3 is 1. The van der Waals surface area contributed by atoms with Crippen molar-refractivity contribution in [3.8, 4) is 17.3 Å². The van der Waals surface area contributed by atoms with Crippen molar-refractivity contribution in [1.29, 1.82) is 0 Å². The largest absolute Gasteiger partial charge is 0.497 e. The van der Waals surface area contributed by atoms with Gasteiger partial charge < -0.3 is 14.2 Å². The minimum atomic E-state index is -0.0174. The number of nitrogens with zero attached hydrogens (tertiary/aromatic N) is 5. The van der Waals surface area contributed by atoms with Crippen LogP contribution in [0.3, 0.4) is 0 Å². The molecule has 1 aliphatic rings. The summed E-state index contributed by atoms with van der Waals surface area (Å²) >= 11 is 0. The van der Waals surface area contributed by atoms with Gasteiger partial charge in [-0.05, 0) is 31.0 Å². The quantitative estimate of drug-likeness (QED) is 0.701. The summed E-state index contributed by atoms with van der Waals surface area (Å²) in [5.41, 5.74) is 1.15. The van der Waals surface area contributed by atoms with Gasteiger partial charge in [0.25, 0.3) is 11.8 Å². The summed E-state index contributed by atoms with van der Waals surface area (Å²) in [4.78, 5) is 27.3. The minimum absolute atomic E-state index is 0.0174. The summed E-state index contributed by atoms with van der Waals surface area (Å²) in [6, 6.07) is 7.20. The van der Waals surface area contributed by atoms with E-state index in [2.05, 4.69) is 20.1 Å². The van der Waals surface area contributed by atoms with Crippen LogP contribution in [0.15, 0.2) is 47.4 Å². The summed E-state index contributed by atoms with van der Waals surface area (Å²) in [7, 11) is 1.59. The van der Waals surface area contributed by atoms with Gasteiger partial charge in [0.05, 0.1) is 13.3 Å². The van der Waals surface area contributed by atoms with Gasteiger partial charge in [0.1, 0.15) is 11.4 Å². The fourth-order valence-corrected chi connectivity index (χ4v) is 3.23. The summed E-state index contributed by atoms with van der Waals surface area (Å²) < 4.78 is 10.5. The Kier molecular flexibility index (Phi) is 4.78. The van der Waals surface area contributed by atoms with E-state index in [0.717, 1.165) is 12.8 Å². The second-order valence-corrected chi connectivity index (χ2v) is 6.37. The number of piperidine rings is 1. The molecule has 0 aliphatic carbocycles. The van der Waals surface area contributed by atoms with Gasteiger partial charge in [-0.15, -0.1) is 0 Å². The highest BCUT2D eigenvalue weighted by atomic mass is 16.5. The van der Waals surface area contributed by atoms with Gasteiger partial charge in [0.2, 0.25) is 0 Å². The van der Waals surface area contributed by atoms with Crippen LogP contribution in [0.4, 0.5) is 0 Å². The minimum Gasteiger partial charge on any atom is -0.497 e. The summed E-state index contributed by atoms with van der Waals surface area (Å²) in [5, 5.41) is 4.10. The molecule has 138 valence electrons. The highest BCUT2D eigenvalue weighted by molar-refractivity contribution is 5.94. The van der Waals surface area contributed by atoms with Gasteiger partial charge in [0, 0.05) is 37.0 Å². The molecular weight excluding hydrogens is 346 g/mol. The zero-order valence-electron chi connectivity index (χ0n) is 14.9. The van der Waals surface area contributed by atoms with Gasteiger partial charge in [-0.1, -0.05) is 11.2 Å². The maximum absolute atomic E-state index is 12.9. The maximum atomic E-state index is 12.9. The Morgan fingerprint density at radius 3 is 3.07 bits per heavy atom. The molecule has 0 N–H and O–H groups in total. The Morgan fingerprint density at radius 1 is 1.33 bits per heavy atom. The van der Waals surface area contributed by atoms with E-state index < -0.39 is 0 Å². The third kappa shape index (κ3) is 3.64. The average molecular weight is 365 g/mol. The zero-order chi connectivity index (χ0) is 18.6. The highest BCUT2D eigenvalue weighted by Crippen LogP contribution is 2.27. The molecule has 1 saturated heterocycles. The van der Waals surface area contributed by atoms with Crippen LogP contribution in [0.5, 0.6) is 5.75 Å². The van der Waals surface area contributed by atoms with Crippen molar-refractivity contribution in [2.45, 2.75) is 18.8 Å². The molecule has 0 bridgehead atoms. The molecule has 1 aromatic carbocycles. The zero-order valence-corrected chi connectivity index (χ0v) is 14.9. The number of hydrogen-bond donors (Lipinski definition) is 0. The van der Waals surface area contributed by atoms with Crippen molar-refractivity contribution in [3.63, 3.8) is 0 Å². The van der Waals surface area contributed by atoms with E-state index >= 15 is 0 Å². The second kappa shape index (κ2) is 7.53. The Labute approximate surface area is 156 Å². The molecule has 0 spiro atoms. The first-order valence-electron chi connectivity index (χ1n) is 8.78. The molecule has 3 heterocycles. The molecule has 1 fully saturated rings. The van der Waals surface area contributed by atoms with E-state index in [-0.39, 0.29) is 11.8 Å². The third-order valence-electron chi connectivity index (χ3n) is 4.61. The van der Waals surface area contributed by atoms with Gasteiger partial charge in [-0.25, -0.2) is 4.98 Å².